The van der Waals surface area contributed by atoms with Gasteiger partial charge in [0.05, 0.1) is 7.11 Å². The van der Waals surface area contributed by atoms with Crippen molar-refractivity contribution in [3.8, 4) is 5.75 Å². The number of hydrogen-bond acceptors (Lipinski definition) is 7. The number of benzene rings is 1. The summed E-state index contributed by atoms with van der Waals surface area (Å²) in [4.78, 5) is 15.8. The van der Waals surface area contributed by atoms with Crippen LogP contribution in [0.2, 0.25) is 0 Å². The molecule has 8 nitrogen and oxygen atoms in total. The average molecular weight is 314 g/mol. The van der Waals surface area contributed by atoms with Crippen molar-refractivity contribution in [2.24, 2.45) is 5.73 Å². The smallest absolute Gasteiger partial charge is 0.273 e. The SMILES string of the molecule is COc1ccc(Nc2nnc(C(N)=O)c(NC3CCC3)n2)cc1. The highest BCUT2D eigenvalue weighted by molar-refractivity contribution is 5.95. The number of nitrogens with zero attached hydrogens (tertiary/aromatic N) is 3. The van der Waals surface area contributed by atoms with E-state index in [1.807, 2.05) is 24.3 Å². The predicted octanol–water partition coefficient (Wildman–Crippen LogP) is 1.69. The molecule has 0 atom stereocenters. The maximum atomic E-state index is 11.5. The third-order valence-electron chi connectivity index (χ3n) is 3.71. The second-order valence-corrected chi connectivity index (χ2v) is 5.32. The number of hydrogen-bond donors (Lipinski definition) is 3. The third kappa shape index (κ3) is 3.47. The van der Waals surface area contributed by atoms with Crippen LogP contribution in [0.4, 0.5) is 17.5 Å². The largest absolute Gasteiger partial charge is 0.497 e. The molecule has 1 aliphatic carbocycles. The molecular weight excluding hydrogens is 296 g/mol. The Labute approximate surface area is 133 Å². The van der Waals surface area contributed by atoms with E-state index in [1.54, 1.807) is 7.11 Å². The van der Waals surface area contributed by atoms with E-state index in [1.165, 1.54) is 6.42 Å². The van der Waals surface area contributed by atoms with Crippen LogP contribution < -0.4 is 21.1 Å². The molecule has 1 saturated carbocycles. The normalized spacial score (nSPS) is 14.0. The monoisotopic (exact) mass is 314 g/mol. The first-order valence-electron chi connectivity index (χ1n) is 7.38. The Hall–Kier alpha value is -2.90. The number of ether oxygens (including phenoxy) is 1. The molecule has 0 bridgehead atoms. The molecule has 1 aromatic carbocycles. The molecule has 4 N–H and O–H groups in total. The zero-order chi connectivity index (χ0) is 16.2. The molecule has 120 valence electrons. The number of aromatic nitrogens is 3. The van der Waals surface area contributed by atoms with Crippen LogP contribution in [0.15, 0.2) is 24.3 Å². The minimum Gasteiger partial charge on any atom is -0.497 e. The summed E-state index contributed by atoms with van der Waals surface area (Å²) in [7, 11) is 1.61. The van der Waals surface area contributed by atoms with E-state index in [-0.39, 0.29) is 5.69 Å². The Morgan fingerprint density at radius 2 is 2.00 bits per heavy atom. The highest BCUT2D eigenvalue weighted by atomic mass is 16.5. The molecule has 1 fully saturated rings. The molecule has 8 heteroatoms. The minimum absolute atomic E-state index is 0.0529. The van der Waals surface area contributed by atoms with Crippen molar-refractivity contribution in [1.82, 2.24) is 15.2 Å². The van der Waals surface area contributed by atoms with Crippen LogP contribution in [-0.4, -0.2) is 34.2 Å². The molecule has 23 heavy (non-hydrogen) atoms. The van der Waals surface area contributed by atoms with E-state index in [0.717, 1.165) is 24.3 Å². The van der Waals surface area contributed by atoms with Gasteiger partial charge in [-0.2, -0.15) is 4.98 Å². The summed E-state index contributed by atoms with van der Waals surface area (Å²) in [5.74, 6) is 0.768. The lowest BCUT2D eigenvalue weighted by Gasteiger charge is -2.27. The molecule has 0 aliphatic heterocycles. The van der Waals surface area contributed by atoms with Gasteiger partial charge in [-0.15, -0.1) is 10.2 Å². The number of anilines is 3. The summed E-state index contributed by atoms with van der Waals surface area (Å²) in [6.07, 6.45) is 3.26. The van der Waals surface area contributed by atoms with Gasteiger partial charge in [0.2, 0.25) is 5.95 Å². The maximum absolute atomic E-state index is 11.5. The Kier molecular flexibility index (Phi) is 4.22. The van der Waals surface area contributed by atoms with E-state index in [9.17, 15) is 4.79 Å². The highest BCUT2D eigenvalue weighted by Gasteiger charge is 2.22. The van der Waals surface area contributed by atoms with Crippen molar-refractivity contribution in [2.45, 2.75) is 25.3 Å². The number of carbonyl (C=O) groups excluding carboxylic acids is 1. The Bertz CT molecular complexity index is 700. The Morgan fingerprint density at radius 1 is 1.26 bits per heavy atom. The van der Waals surface area contributed by atoms with Crippen LogP contribution in [-0.2, 0) is 0 Å². The second kappa shape index (κ2) is 6.47. The van der Waals surface area contributed by atoms with Gasteiger partial charge in [0.25, 0.3) is 5.91 Å². The number of amides is 1. The van der Waals surface area contributed by atoms with Crippen LogP contribution >= 0.6 is 0 Å². The van der Waals surface area contributed by atoms with Crippen LogP contribution in [0.1, 0.15) is 29.8 Å². The van der Waals surface area contributed by atoms with E-state index in [0.29, 0.717) is 17.8 Å². The van der Waals surface area contributed by atoms with Crippen molar-refractivity contribution in [1.29, 1.82) is 0 Å². The van der Waals surface area contributed by atoms with Crippen molar-refractivity contribution in [3.05, 3.63) is 30.0 Å². The van der Waals surface area contributed by atoms with Gasteiger partial charge < -0.3 is 21.1 Å². The molecule has 1 aromatic heterocycles. The average Bonchev–Trinajstić information content (AvgIpc) is 2.51. The number of rotatable bonds is 6. The molecule has 0 spiro atoms. The molecule has 0 radical (unpaired) electrons. The fourth-order valence-electron chi connectivity index (χ4n) is 2.19. The van der Waals surface area contributed by atoms with Crippen molar-refractivity contribution >= 4 is 23.4 Å². The molecule has 0 unspecified atom stereocenters. The lowest BCUT2D eigenvalue weighted by molar-refractivity contribution is 0.0995. The highest BCUT2D eigenvalue weighted by Crippen LogP contribution is 2.24. The zero-order valence-corrected chi connectivity index (χ0v) is 12.7. The van der Waals surface area contributed by atoms with Gasteiger partial charge >= 0.3 is 0 Å². The number of nitrogens with one attached hydrogen (secondary N) is 2. The van der Waals surface area contributed by atoms with E-state index in [2.05, 4.69) is 25.8 Å². The fourth-order valence-corrected chi connectivity index (χ4v) is 2.19. The predicted molar refractivity (Wildman–Crippen MR) is 85.9 cm³/mol. The molecule has 1 heterocycles. The van der Waals surface area contributed by atoms with Gasteiger partial charge in [-0.05, 0) is 43.5 Å². The topological polar surface area (TPSA) is 115 Å². The summed E-state index contributed by atoms with van der Waals surface area (Å²) in [5.41, 5.74) is 6.17. The van der Waals surface area contributed by atoms with E-state index >= 15 is 0 Å². The molecule has 2 aromatic rings. The minimum atomic E-state index is -0.650. The number of nitrogens with two attached hydrogens (primary N) is 1. The van der Waals surface area contributed by atoms with Gasteiger partial charge in [-0.1, -0.05) is 0 Å². The van der Waals surface area contributed by atoms with Crippen molar-refractivity contribution in [3.63, 3.8) is 0 Å². The molecule has 1 amide bonds. The molecule has 0 saturated heterocycles. The standard InChI is InChI=1S/C15H18N6O2/c1-23-11-7-5-10(6-8-11)18-15-19-14(17-9-3-2-4-9)12(13(16)22)20-21-15/h5-9H,2-4H2,1H3,(H2,16,22)(H2,17,18,19,21). The van der Waals surface area contributed by atoms with E-state index < -0.39 is 5.91 Å². The lowest BCUT2D eigenvalue weighted by Crippen LogP contribution is -2.30. The summed E-state index contributed by atoms with van der Waals surface area (Å²) >= 11 is 0. The Balaban J connectivity index is 1.80. The van der Waals surface area contributed by atoms with Gasteiger partial charge in [-0.3, -0.25) is 4.79 Å². The Morgan fingerprint density at radius 3 is 2.57 bits per heavy atom. The quantitative estimate of drug-likeness (QED) is 0.743. The number of primary amides is 1. The number of carbonyl (C=O) groups is 1. The van der Waals surface area contributed by atoms with Crippen molar-refractivity contribution in [2.75, 3.05) is 17.7 Å². The van der Waals surface area contributed by atoms with Gasteiger partial charge in [-0.25, -0.2) is 0 Å². The van der Waals surface area contributed by atoms with Crippen LogP contribution in [0.3, 0.4) is 0 Å². The lowest BCUT2D eigenvalue weighted by atomic mass is 9.93. The van der Waals surface area contributed by atoms with Crippen LogP contribution in [0, 0.1) is 0 Å². The van der Waals surface area contributed by atoms with Crippen LogP contribution in [0.25, 0.3) is 0 Å². The summed E-state index contributed by atoms with van der Waals surface area (Å²) < 4.78 is 5.11. The van der Waals surface area contributed by atoms with Crippen molar-refractivity contribution < 1.29 is 9.53 Å². The third-order valence-corrected chi connectivity index (χ3v) is 3.71. The van der Waals surface area contributed by atoms with Crippen LogP contribution in [0.5, 0.6) is 5.75 Å². The summed E-state index contributed by atoms with van der Waals surface area (Å²) in [6, 6.07) is 7.62. The first-order valence-corrected chi connectivity index (χ1v) is 7.38. The second-order valence-electron chi connectivity index (χ2n) is 5.32. The maximum Gasteiger partial charge on any atom is 0.273 e. The number of methoxy groups -OCH3 is 1. The zero-order valence-electron chi connectivity index (χ0n) is 12.7. The van der Waals surface area contributed by atoms with Gasteiger partial charge in [0.1, 0.15) is 5.75 Å². The molecule has 1 aliphatic rings. The van der Waals surface area contributed by atoms with Gasteiger partial charge in [0, 0.05) is 11.7 Å². The first-order chi connectivity index (χ1) is 11.2. The summed E-state index contributed by atoms with van der Waals surface area (Å²) in [6.45, 7) is 0. The molecular formula is C15H18N6O2. The summed E-state index contributed by atoms with van der Waals surface area (Å²) in [5, 5.41) is 14.0. The van der Waals surface area contributed by atoms with Gasteiger partial charge in [0.15, 0.2) is 11.5 Å². The fraction of sp³-hybridized carbons (Fsp3) is 0.333. The molecule has 3 rings (SSSR count). The van der Waals surface area contributed by atoms with E-state index in [4.69, 9.17) is 10.5 Å². The first kappa shape index (κ1) is 15.0.